The number of aromatic hydroxyl groups is 1. The highest BCUT2D eigenvalue weighted by Gasteiger charge is 2.16. The molecule has 0 spiro atoms. The first kappa shape index (κ1) is 13.3. The van der Waals surface area contributed by atoms with Crippen LogP contribution in [0.15, 0.2) is 61.2 Å². The highest BCUT2D eigenvalue weighted by Crippen LogP contribution is 2.30. The van der Waals surface area contributed by atoms with Crippen molar-refractivity contribution < 1.29 is 5.11 Å². The molecule has 0 unspecified atom stereocenters. The van der Waals surface area contributed by atoms with E-state index in [0.29, 0.717) is 33.8 Å². The fourth-order valence-electron chi connectivity index (χ4n) is 2.33. The van der Waals surface area contributed by atoms with Crippen LogP contribution in [-0.4, -0.2) is 30.0 Å². The van der Waals surface area contributed by atoms with Crippen LogP contribution in [0, 0.1) is 0 Å². The van der Waals surface area contributed by atoms with Gasteiger partial charge < -0.3 is 5.11 Å². The maximum atomic E-state index is 10.0. The predicted molar refractivity (Wildman–Crippen MR) is 85.5 cm³/mol. The van der Waals surface area contributed by atoms with Crippen molar-refractivity contribution in [3.63, 3.8) is 0 Å². The number of fused-ring (bicyclic) bond motifs is 1. The number of hydrogen-bond acceptors (Lipinski definition) is 6. The van der Waals surface area contributed by atoms with Crippen LogP contribution in [0.5, 0.6) is 5.75 Å². The molecule has 0 bridgehead atoms. The second kappa shape index (κ2) is 5.42. The molecule has 0 saturated heterocycles. The minimum Gasteiger partial charge on any atom is -0.504 e. The van der Waals surface area contributed by atoms with E-state index in [0.717, 1.165) is 0 Å². The van der Waals surface area contributed by atoms with Gasteiger partial charge in [-0.2, -0.15) is 0 Å². The molecule has 0 radical (unpaired) electrons. The summed E-state index contributed by atoms with van der Waals surface area (Å²) in [5.41, 5.74) is 3.41. The van der Waals surface area contributed by atoms with E-state index in [1.165, 1.54) is 6.20 Å². The smallest absolute Gasteiger partial charge is 0.161 e. The zero-order valence-corrected chi connectivity index (χ0v) is 12.0. The molecule has 0 aliphatic carbocycles. The Hall–Kier alpha value is -3.41. The molecule has 23 heavy (non-hydrogen) atoms. The van der Waals surface area contributed by atoms with Gasteiger partial charge in [0.2, 0.25) is 0 Å². The van der Waals surface area contributed by atoms with Crippen LogP contribution in [0.4, 0.5) is 0 Å². The van der Waals surface area contributed by atoms with E-state index in [9.17, 15) is 5.11 Å². The first-order chi connectivity index (χ1) is 11.3. The summed E-state index contributed by atoms with van der Waals surface area (Å²) in [5, 5.41) is 10.0. The molecule has 1 N–H and O–H groups in total. The minimum absolute atomic E-state index is 0.0141. The maximum Gasteiger partial charge on any atom is 0.161 e. The summed E-state index contributed by atoms with van der Waals surface area (Å²) in [6, 6.07) is 11.1. The number of rotatable bonds is 2. The second-order valence-electron chi connectivity index (χ2n) is 4.88. The van der Waals surface area contributed by atoms with E-state index in [1.807, 2.05) is 36.4 Å². The van der Waals surface area contributed by atoms with Gasteiger partial charge in [0.05, 0.1) is 23.8 Å². The second-order valence-corrected chi connectivity index (χ2v) is 4.88. The van der Waals surface area contributed by atoms with Crippen LogP contribution < -0.4 is 0 Å². The van der Waals surface area contributed by atoms with Crippen molar-refractivity contribution in [1.82, 2.24) is 24.9 Å². The first-order valence-corrected chi connectivity index (χ1v) is 7.00. The van der Waals surface area contributed by atoms with Crippen molar-refractivity contribution in [3.05, 3.63) is 61.2 Å². The molecule has 4 heterocycles. The molecule has 6 heteroatoms. The number of hydrogen-bond donors (Lipinski definition) is 1. The third-order valence-corrected chi connectivity index (χ3v) is 3.37. The zero-order valence-electron chi connectivity index (χ0n) is 12.0. The quantitative estimate of drug-likeness (QED) is 0.613. The molecule has 4 aromatic rings. The summed E-state index contributed by atoms with van der Waals surface area (Å²) in [5.74, 6) is -0.0141. The van der Waals surface area contributed by atoms with E-state index in [-0.39, 0.29) is 5.75 Å². The summed E-state index contributed by atoms with van der Waals surface area (Å²) >= 11 is 0. The number of aromatic nitrogens is 5. The Balaban J connectivity index is 2.07. The van der Waals surface area contributed by atoms with E-state index >= 15 is 0 Å². The third kappa shape index (κ3) is 2.36. The lowest BCUT2D eigenvalue weighted by Gasteiger charge is -2.09. The monoisotopic (exact) mass is 301 g/mol. The summed E-state index contributed by atoms with van der Waals surface area (Å²) in [6.45, 7) is 0. The van der Waals surface area contributed by atoms with Gasteiger partial charge in [-0.15, -0.1) is 0 Å². The zero-order chi connectivity index (χ0) is 15.6. The van der Waals surface area contributed by atoms with Crippen molar-refractivity contribution >= 4 is 11.0 Å². The highest BCUT2D eigenvalue weighted by atomic mass is 16.3. The summed E-state index contributed by atoms with van der Waals surface area (Å²) in [7, 11) is 0. The Labute approximate surface area is 131 Å². The van der Waals surface area contributed by atoms with Crippen molar-refractivity contribution in [3.8, 4) is 28.5 Å². The van der Waals surface area contributed by atoms with Gasteiger partial charge in [0.25, 0.3) is 0 Å². The Morgan fingerprint density at radius 2 is 1.39 bits per heavy atom. The normalized spacial score (nSPS) is 10.8. The number of pyridine rings is 3. The topological polar surface area (TPSA) is 84.7 Å². The highest BCUT2D eigenvalue weighted by molar-refractivity contribution is 5.86. The first-order valence-electron chi connectivity index (χ1n) is 7.00. The van der Waals surface area contributed by atoms with Crippen LogP contribution in [-0.2, 0) is 0 Å². The van der Waals surface area contributed by atoms with Crippen LogP contribution in [0.2, 0.25) is 0 Å². The van der Waals surface area contributed by atoms with Crippen LogP contribution in [0.3, 0.4) is 0 Å². The molecule has 0 aromatic carbocycles. The third-order valence-electron chi connectivity index (χ3n) is 3.37. The lowest BCUT2D eigenvalue weighted by Crippen LogP contribution is -1.98. The Morgan fingerprint density at radius 1 is 0.739 bits per heavy atom. The van der Waals surface area contributed by atoms with Gasteiger partial charge in [-0.3, -0.25) is 15.0 Å². The van der Waals surface area contributed by atoms with Crippen molar-refractivity contribution in [1.29, 1.82) is 0 Å². The average Bonchev–Trinajstić information content (AvgIpc) is 2.63. The molecule has 4 rings (SSSR count). The molecule has 0 amide bonds. The van der Waals surface area contributed by atoms with Gasteiger partial charge in [-0.05, 0) is 24.3 Å². The van der Waals surface area contributed by atoms with Gasteiger partial charge in [-0.25, -0.2) is 9.97 Å². The summed E-state index contributed by atoms with van der Waals surface area (Å²) in [4.78, 5) is 21.8. The van der Waals surface area contributed by atoms with Crippen molar-refractivity contribution in [2.45, 2.75) is 0 Å². The minimum atomic E-state index is -0.0141. The summed E-state index contributed by atoms with van der Waals surface area (Å²) < 4.78 is 0. The van der Waals surface area contributed by atoms with Gasteiger partial charge >= 0.3 is 0 Å². The van der Waals surface area contributed by atoms with Gasteiger partial charge in [0.1, 0.15) is 22.4 Å². The molecule has 4 aromatic heterocycles. The van der Waals surface area contributed by atoms with Crippen LogP contribution in [0.1, 0.15) is 0 Å². The fraction of sp³-hybridized carbons (Fsp3) is 0. The fourth-order valence-corrected chi connectivity index (χ4v) is 2.33. The van der Waals surface area contributed by atoms with E-state index in [1.54, 1.807) is 18.6 Å². The maximum absolute atomic E-state index is 10.0. The predicted octanol–water partition coefficient (Wildman–Crippen LogP) is 2.85. The van der Waals surface area contributed by atoms with Crippen molar-refractivity contribution in [2.75, 3.05) is 0 Å². The molecule has 0 saturated carbocycles. The number of nitrogens with zero attached hydrogens (tertiary/aromatic N) is 5. The standard InChI is InChI=1S/C17H11N5O/c23-14-10-18-9-13-15(14)22-17(12-6-2-4-8-20-12)16(21-13)11-5-1-3-7-19-11/h1-10,23H. The van der Waals surface area contributed by atoms with Crippen molar-refractivity contribution in [2.24, 2.45) is 0 Å². The molecule has 0 atom stereocenters. The van der Waals surface area contributed by atoms with Crippen LogP contribution in [0.25, 0.3) is 33.8 Å². The van der Waals surface area contributed by atoms with Gasteiger partial charge in [0.15, 0.2) is 5.75 Å². The SMILES string of the molecule is Oc1cncc2nc(-c3ccccn3)c(-c3ccccn3)nc12. The summed E-state index contributed by atoms with van der Waals surface area (Å²) in [6.07, 6.45) is 6.30. The lowest BCUT2D eigenvalue weighted by atomic mass is 10.1. The Bertz CT molecular complexity index is 974. The average molecular weight is 301 g/mol. The van der Waals surface area contributed by atoms with Gasteiger partial charge in [-0.1, -0.05) is 12.1 Å². The lowest BCUT2D eigenvalue weighted by molar-refractivity contribution is 0.478. The Kier molecular flexibility index (Phi) is 3.12. The van der Waals surface area contributed by atoms with Gasteiger partial charge in [0, 0.05) is 12.4 Å². The molecular weight excluding hydrogens is 290 g/mol. The molecular formula is C17H11N5O. The molecule has 0 aliphatic rings. The largest absolute Gasteiger partial charge is 0.504 e. The molecule has 6 nitrogen and oxygen atoms in total. The molecule has 0 aliphatic heterocycles. The van der Waals surface area contributed by atoms with E-state index in [4.69, 9.17) is 0 Å². The van der Waals surface area contributed by atoms with E-state index < -0.39 is 0 Å². The molecule has 110 valence electrons. The molecule has 0 fully saturated rings. The Morgan fingerprint density at radius 3 is 2.00 bits per heavy atom. The van der Waals surface area contributed by atoms with Crippen LogP contribution >= 0.6 is 0 Å². The van der Waals surface area contributed by atoms with E-state index in [2.05, 4.69) is 24.9 Å².